The third-order valence-electron chi connectivity index (χ3n) is 3.83. The first-order chi connectivity index (χ1) is 11.0. The fraction of sp³-hybridized carbons (Fsp3) is 0.222. The van der Waals surface area contributed by atoms with Gasteiger partial charge >= 0.3 is 0 Å². The van der Waals surface area contributed by atoms with Crippen molar-refractivity contribution in [1.29, 1.82) is 0 Å². The van der Waals surface area contributed by atoms with Crippen LogP contribution in [0.15, 0.2) is 65.1 Å². The summed E-state index contributed by atoms with van der Waals surface area (Å²) in [5, 5.41) is 2.84. The number of fused-ring (bicyclic) bond motifs is 1. The van der Waals surface area contributed by atoms with Gasteiger partial charge in [-0.05, 0) is 35.8 Å². The number of nitrogens with one attached hydrogen (secondary N) is 1. The zero-order valence-corrected chi connectivity index (χ0v) is 13.0. The van der Waals surface area contributed by atoms with E-state index in [-0.39, 0.29) is 23.7 Å². The second-order valence-electron chi connectivity index (χ2n) is 5.81. The number of hydrogen-bond acceptors (Lipinski definition) is 3. The van der Waals surface area contributed by atoms with E-state index in [0.717, 1.165) is 11.3 Å². The van der Waals surface area contributed by atoms with Crippen molar-refractivity contribution in [3.05, 3.63) is 65.7 Å². The maximum atomic E-state index is 12.1. The molecular formula is C18H17N3O2. The van der Waals surface area contributed by atoms with Crippen molar-refractivity contribution in [2.24, 2.45) is 16.8 Å². The maximum Gasteiger partial charge on any atom is 0.279 e. The smallest absolute Gasteiger partial charge is 0.279 e. The van der Waals surface area contributed by atoms with Gasteiger partial charge in [-0.2, -0.15) is 0 Å². The second-order valence-corrected chi connectivity index (χ2v) is 5.81. The highest BCUT2D eigenvalue weighted by Crippen LogP contribution is 2.31. The third kappa shape index (κ3) is 3.18. The number of amides is 2. The van der Waals surface area contributed by atoms with Crippen molar-refractivity contribution in [2.75, 3.05) is 0 Å². The van der Waals surface area contributed by atoms with Crippen LogP contribution in [-0.4, -0.2) is 22.5 Å². The Morgan fingerprint density at radius 1 is 1.35 bits per heavy atom. The maximum absolute atomic E-state index is 12.1. The normalized spacial score (nSPS) is 21.6. The summed E-state index contributed by atoms with van der Waals surface area (Å²) in [6, 6.07) is 3.36. The summed E-state index contributed by atoms with van der Waals surface area (Å²) in [5.41, 5.74) is 2.79. The lowest BCUT2D eigenvalue weighted by atomic mass is 9.82. The number of nitrogens with zero attached hydrogens (tertiary/aromatic N) is 2. The molecule has 2 amide bonds. The molecule has 5 nitrogen and oxygen atoms in total. The van der Waals surface area contributed by atoms with E-state index in [9.17, 15) is 9.59 Å². The summed E-state index contributed by atoms with van der Waals surface area (Å²) in [5.74, 6) is -0.172. The summed E-state index contributed by atoms with van der Waals surface area (Å²) < 4.78 is 0. The van der Waals surface area contributed by atoms with Crippen LogP contribution in [0.3, 0.4) is 0 Å². The molecule has 116 valence electrons. The number of carbonyl (C=O) groups is 2. The van der Waals surface area contributed by atoms with Crippen molar-refractivity contribution in [3.8, 4) is 0 Å². The molecule has 1 aromatic heterocycles. The van der Waals surface area contributed by atoms with Crippen LogP contribution in [-0.2, 0) is 4.79 Å². The van der Waals surface area contributed by atoms with Crippen LogP contribution in [0.5, 0.6) is 0 Å². The largest absolute Gasteiger partial charge is 0.325 e. The molecule has 0 aromatic carbocycles. The molecule has 1 aromatic rings. The Morgan fingerprint density at radius 3 is 2.87 bits per heavy atom. The van der Waals surface area contributed by atoms with Gasteiger partial charge in [-0.15, -0.1) is 0 Å². The Labute approximate surface area is 134 Å². The van der Waals surface area contributed by atoms with Gasteiger partial charge in [0.15, 0.2) is 0 Å². The third-order valence-corrected chi connectivity index (χ3v) is 3.83. The molecule has 1 aliphatic carbocycles. The molecule has 2 heterocycles. The van der Waals surface area contributed by atoms with Crippen LogP contribution in [0.2, 0.25) is 0 Å². The van der Waals surface area contributed by atoms with Crippen molar-refractivity contribution < 1.29 is 9.59 Å². The molecule has 0 spiro atoms. The number of aliphatic imine (C=N–C) groups is 1. The predicted molar refractivity (Wildman–Crippen MR) is 87.8 cm³/mol. The van der Waals surface area contributed by atoms with Crippen LogP contribution >= 0.6 is 0 Å². The number of carbonyl (C=O) groups excluding carboxylic acids is 2. The minimum Gasteiger partial charge on any atom is -0.325 e. The van der Waals surface area contributed by atoms with E-state index in [4.69, 9.17) is 0 Å². The molecule has 5 heteroatoms. The van der Waals surface area contributed by atoms with Crippen LogP contribution in [0.25, 0.3) is 0 Å². The van der Waals surface area contributed by atoms with Gasteiger partial charge in [-0.25, -0.2) is 4.99 Å². The van der Waals surface area contributed by atoms with E-state index < -0.39 is 0 Å². The van der Waals surface area contributed by atoms with Crippen molar-refractivity contribution >= 4 is 17.5 Å². The van der Waals surface area contributed by atoms with E-state index in [2.05, 4.69) is 29.1 Å². The first-order valence-electron chi connectivity index (χ1n) is 7.50. The fourth-order valence-corrected chi connectivity index (χ4v) is 2.69. The summed E-state index contributed by atoms with van der Waals surface area (Å²) >= 11 is 0. The Bertz CT molecular complexity index is 771. The molecule has 1 aliphatic heterocycles. The van der Waals surface area contributed by atoms with Gasteiger partial charge < -0.3 is 5.32 Å². The zero-order chi connectivity index (χ0) is 16.4. The average Bonchev–Trinajstić information content (AvgIpc) is 2.54. The van der Waals surface area contributed by atoms with Gasteiger partial charge in [0.25, 0.3) is 5.91 Å². The molecule has 0 saturated heterocycles. The number of hydrogen-bond donors (Lipinski definition) is 1. The molecule has 0 fully saturated rings. The summed E-state index contributed by atoms with van der Waals surface area (Å²) in [6.45, 7) is 4.12. The molecule has 1 atom stereocenters. The monoisotopic (exact) mass is 307 g/mol. The van der Waals surface area contributed by atoms with Gasteiger partial charge in [0.2, 0.25) is 5.91 Å². The molecule has 23 heavy (non-hydrogen) atoms. The molecule has 3 rings (SSSR count). The average molecular weight is 307 g/mol. The standard InChI is InChI=1S/C18H17N3O2/c1-11(2)15-9-17(22)21-16-8-13(5-6-14(15)16)20-18(23)12-4-3-7-19-10-12/h3-11,14H,1-2H3,(H,21,22). The Morgan fingerprint density at radius 2 is 2.17 bits per heavy atom. The Balaban J connectivity index is 1.88. The van der Waals surface area contributed by atoms with Crippen LogP contribution < -0.4 is 5.32 Å². The minimum atomic E-state index is -0.352. The number of allylic oxidation sites excluding steroid dienone is 3. The van der Waals surface area contributed by atoms with Crippen molar-refractivity contribution in [2.45, 2.75) is 13.8 Å². The number of aromatic nitrogens is 1. The van der Waals surface area contributed by atoms with Crippen LogP contribution in [0.4, 0.5) is 0 Å². The SMILES string of the molecule is CC(C)C1=CC(=O)NC2=CC(=NC(=O)c3cccnc3)C=CC21. The highest BCUT2D eigenvalue weighted by molar-refractivity contribution is 6.14. The first kappa shape index (κ1) is 15.1. The highest BCUT2D eigenvalue weighted by atomic mass is 16.2. The van der Waals surface area contributed by atoms with Crippen molar-refractivity contribution in [1.82, 2.24) is 10.3 Å². The lowest BCUT2D eigenvalue weighted by Crippen LogP contribution is -2.34. The number of pyridine rings is 1. The molecular weight excluding hydrogens is 290 g/mol. The van der Waals surface area contributed by atoms with Gasteiger partial charge in [-0.3, -0.25) is 14.6 Å². The lowest BCUT2D eigenvalue weighted by Gasteiger charge is -2.29. The fourth-order valence-electron chi connectivity index (χ4n) is 2.69. The molecule has 1 N–H and O–H groups in total. The van der Waals surface area contributed by atoms with Gasteiger partial charge in [-0.1, -0.05) is 19.9 Å². The van der Waals surface area contributed by atoms with E-state index in [1.54, 1.807) is 30.5 Å². The zero-order valence-electron chi connectivity index (χ0n) is 13.0. The van der Waals surface area contributed by atoms with E-state index in [1.165, 1.54) is 6.20 Å². The Kier molecular flexibility index (Phi) is 4.02. The van der Waals surface area contributed by atoms with Crippen LogP contribution in [0.1, 0.15) is 24.2 Å². The minimum absolute atomic E-state index is 0.0418. The van der Waals surface area contributed by atoms with E-state index in [1.807, 2.05) is 12.2 Å². The summed E-state index contributed by atoms with van der Waals surface area (Å²) in [6.07, 6.45) is 10.3. The second kappa shape index (κ2) is 6.12. The topological polar surface area (TPSA) is 71.4 Å². The van der Waals surface area contributed by atoms with Crippen molar-refractivity contribution in [3.63, 3.8) is 0 Å². The van der Waals surface area contributed by atoms with Gasteiger partial charge in [0.05, 0.1) is 11.3 Å². The predicted octanol–water partition coefficient (Wildman–Crippen LogP) is 2.44. The van der Waals surface area contributed by atoms with Gasteiger partial charge in [0.1, 0.15) is 0 Å². The first-order valence-corrected chi connectivity index (χ1v) is 7.50. The van der Waals surface area contributed by atoms with Gasteiger partial charge in [0, 0.05) is 30.1 Å². The molecule has 2 aliphatic rings. The van der Waals surface area contributed by atoms with E-state index >= 15 is 0 Å². The quantitative estimate of drug-likeness (QED) is 0.912. The lowest BCUT2D eigenvalue weighted by molar-refractivity contribution is -0.116. The molecule has 0 radical (unpaired) electrons. The molecule has 0 saturated carbocycles. The summed E-state index contributed by atoms with van der Waals surface area (Å²) in [7, 11) is 0. The molecule has 0 bridgehead atoms. The molecule has 1 unspecified atom stereocenters. The van der Waals surface area contributed by atoms with Crippen LogP contribution in [0, 0.1) is 11.8 Å². The number of rotatable bonds is 2. The Hall–Kier alpha value is -2.82. The highest BCUT2D eigenvalue weighted by Gasteiger charge is 2.27. The van der Waals surface area contributed by atoms with E-state index in [0.29, 0.717) is 11.3 Å². The summed E-state index contributed by atoms with van der Waals surface area (Å²) in [4.78, 5) is 31.9.